The quantitative estimate of drug-likeness (QED) is 0.811. The zero-order valence-corrected chi connectivity index (χ0v) is 13.5. The molecule has 1 heterocycles. The molecule has 5 heteroatoms. The Balaban J connectivity index is 1.99. The lowest BCUT2D eigenvalue weighted by molar-refractivity contribution is 0.0919. The van der Waals surface area contributed by atoms with Crippen LogP contribution in [0, 0.1) is 5.92 Å². The van der Waals surface area contributed by atoms with Crippen LogP contribution in [0.4, 0.5) is 0 Å². The maximum Gasteiger partial charge on any atom is 0.254 e. The van der Waals surface area contributed by atoms with Gasteiger partial charge in [0.1, 0.15) is 0 Å². The molecule has 0 aromatic carbocycles. The van der Waals surface area contributed by atoms with Crippen LogP contribution in [-0.4, -0.2) is 33.4 Å². The summed E-state index contributed by atoms with van der Waals surface area (Å²) >= 11 is 0. The monoisotopic (exact) mass is 293 g/mol. The molecule has 1 atom stereocenters. The van der Waals surface area contributed by atoms with Crippen LogP contribution in [0.25, 0.3) is 0 Å². The molecular weight excluding hydrogens is 266 g/mol. The van der Waals surface area contributed by atoms with Crippen molar-refractivity contribution in [1.82, 2.24) is 15.1 Å². The van der Waals surface area contributed by atoms with Gasteiger partial charge < -0.3 is 10.4 Å². The van der Waals surface area contributed by atoms with Crippen molar-refractivity contribution >= 4 is 5.91 Å². The van der Waals surface area contributed by atoms with Crippen LogP contribution in [0.1, 0.15) is 75.0 Å². The van der Waals surface area contributed by atoms with E-state index in [0.29, 0.717) is 24.4 Å². The molecule has 0 saturated heterocycles. The fraction of sp³-hybridized carbons (Fsp3) is 0.750. The predicted octanol–water partition coefficient (Wildman–Crippen LogP) is 2.48. The second-order valence-electron chi connectivity index (χ2n) is 6.61. The minimum atomic E-state index is -0.369. The summed E-state index contributed by atoms with van der Waals surface area (Å²) in [6, 6.07) is 0.268. The van der Waals surface area contributed by atoms with Gasteiger partial charge in [0.25, 0.3) is 5.91 Å². The maximum absolute atomic E-state index is 12.3. The molecular formula is C16H27N3O2. The van der Waals surface area contributed by atoms with Gasteiger partial charge in [-0.25, -0.2) is 0 Å². The summed E-state index contributed by atoms with van der Waals surface area (Å²) in [5, 5.41) is 17.1. The van der Waals surface area contributed by atoms with E-state index in [0.717, 1.165) is 18.5 Å². The Hall–Kier alpha value is -1.36. The first-order valence-corrected chi connectivity index (χ1v) is 7.95. The standard InChI is InChI=1S/C16H27N3O2/c1-10(2)14(20)7-8-17-16(21)13-9-18-19(11(3)4)15(13)12-5-6-12/h9-12,14,20H,5-8H2,1-4H3,(H,17,21). The van der Waals surface area contributed by atoms with Crippen molar-refractivity contribution in [3.8, 4) is 0 Å². The molecule has 1 amide bonds. The Labute approximate surface area is 126 Å². The van der Waals surface area contributed by atoms with E-state index >= 15 is 0 Å². The van der Waals surface area contributed by atoms with Crippen LogP contribution < -0.4 is 5.32 Å². The molecule has 0 bridgehead atoms. The number of carbonyl (C=O) groups excluding carboxylic acids is 1. The lowest BCUT2D eigenvalue weighted by atomic mass is 10.0. The first kappa shape index (κ1) is 16.0. The van der Waals surface area contributed by atoms with Crippen molar-refractivity contribution in [2.24, 2.45) is 5.92 Å². The number of hydrogen-bond acceptors (Lipinski definition) is 3. The average molecular weight is 293 g/mol. The normalized spacial score (nSPS) is 16.5. The highest BCUT2D eigenvalue weighted by atomic mass is 16.3. The Morgan fingerprint density at radius 3 is 2.62 bits per heavy atom. The molecule has 21 heavy (non-hydrogen) atoms. The van der Waals surface area contributed by atoms with Gasteiger partial charge in [0.05, 0.1) is 23.6 Å². The van der Waals surface area contributed by atoms with Crippen LogP contribution in [0.5, 0.6) is 0 Å². The zero-order chi connectivity index (χ0) is 15.6. The predicted molar refractivity (Wildman–Crippen MR) is 82.4 cm³/mol. The van der Waals surface area contributed by atoms with Crippen LogP contribution in [0.15, 0.2) is 6.20 Å². The van der Waals surface area contributed by atoms with E-state index in [1.54, 1.807) is 6.20 Å². The Kier molecular flexibility index (Phi) is 5.04. The third-order valence-corrected chi connectivity index (χ3v) is 4.03. The minimum absolute atomic E-state index is 0.0697. The lowest BCUT2D eigenvalue weighted by Crippen LogP contribution is -2.29. The molecule has 0 spiro atoms. The number of hydrogen-bond donors (Lipinski definition) is 2. The molecule has 5 nitrogen and oxygen atoms in total. The summed E-state index contributed by atoms with van der Waals surface area (Å²) in [7, 11) is 0. The lowest BCUT2D eigenvalue weighted by Gasteiger charge is -2.15. The molecule has 1 saturated carbocycles. The average Bonchev–Trinajstić information content (AvgIpc) is 3.16. The van der Waals surface area contributed by atoms with Gasteiger partial charge in [-0.15, -0.1) is 0 Å². The van der Waals surface area contributed by atoms with Gasteiger partial charge in [-0.1, -0.05) is 13.8 Å². The zero-order valence-electron chi connectivity index (χ0n) is 13.5. The summed E-state index contributed by atoms with van der Waals surface area (Å²) in [6.45, 7) is 8.61. The van der Waals surface area contributed by atoms with Crippen molar-refractivity contribution in [1.29, 1.82) is 0 Å². The van der Waals surface area contributed by atoms with Gasteiger partial charge in [-0.2, -0.15) is 5.10 Å². The van der Waals surface area contributed by atoms with E-state index < -0.39 is 0 Å². The third kappa shape index (κ3) is 3.84. The molecule has 0 aliphatic heterocycles. The summed E-state index contributed by atoms with van der Waals surface area (Å²) in [5.41, 5.74) is 1.78. The molecule has 1 aliphatic carbocycles. The van der Waals surface area contributed by atoms with Crippen LogP contribution in [0.2, 0.25) is 0 Å². The first-order chi connectivity index (χ1) is 9.91. The Morgan fingerprint density at radius 1 is 1.43 bits per heavy atom. The third-order valence-electron chi connectivity index (χ3n) is 4.03. The summed E-state index contributed by atoms with van der Waals surface area (Å²) < 4.78 is 1.97. The van der Waals surface area contributed by atoms with Crippen molar-refractivity contribution in [3.05, 3.63) is 17.5 Å². The van der Waals surface area contributed by atoms with Gasteiger partial charge in [-0.05, 0) is 39.0 Å². The van der Waals surface area contributed by atoms with Gasteiger partial charge in [-0.3, -0.25) is 9.48 Å². The number of rotatable bonds is 7. The number of carbonyl (C=O) groups is 1. The van der Waals surface area contributed by atoms with Gasteiger partial charge in [0, 0.05) is 18.5 Å². The van der Waals surface area contributed by atoms with Gasteiger partial charge in [0.2, 0.25) is 0 Å². The maximum atomic E-state index is 12.3. The molecule has 2 N–H and O–H groups in total. The van der Waals surface area contributed by atoms with E-state index in [1.807, 2.05) is 18.5 Å². The summed E-state index contributed by atoms with van der Waals surface area (Å²) in [5.74, 6) is 0.629. The molecule has 118 valence electrons. The highest BCUT2D eigenvalue weighted by Crippen LogP contribution is 2.42. The fourth-order valence-electron chi connectivity index (χ4n) is 2.48. The minimum Gasteiger partial charge on any atom is -0.393 e. The van der Waals surface area contributed by atoms with E-state index in [4.69, 9.17) is 0 Å². The van der Waals surface area contributed by atoms with Gasteiger partial charge >= 0.3 is 0 Å². The van der Waals surface area contributed by atoms with Crippen LogP contribution in [-0.2, 0) is 0 Å². The number of nitrogens with zero attached hydrogens (tertiary/aromatic N) is 2. The molecule has 1 unspecified atom stereocenters. The summed E-state index contributed by atoms with van der Waals surface area (Å²) in [6.07, 6.45) is 4.18. The van der Waals surface area contributed by atoms with E-state index in [-0.39, 0.29) is 24.0 Å². The van der Waals surface area contributed by atoms with E-state index in [9.17, 15) is 9.90 Å². The van der Waals surface area contributed by atoms with Crippen LogP contribution in [0.3, 0.4) is 0 Å². The number of aromatic nitrogens is 2. The summed E-state index contributed by atoms with van der Waals surface area (Å²) in [4.78, 5) is 12.3. The molecule has 1 aromatic rings. The number of aliphatic hydroxyl groups is 1. The van der Waals surface area contributed by atoms with Crippen molar-refractivity contribution in [2.45, 2.75) is 65.0 Å². The molecule has 2 rings (SSSR count). The second kappa shape index (κ2) is 6.60. The second-order valence-corrected chi connectivity index (χ2v) is 6.61. The Morgan fingerprint density at radius 2 is 2.10 bits per heavy atom. The number of aliphatic hydroxyl groups excluding tert-OH is 1. The van der Waals surface area contributed by atoms with Crippen molar-refractivity contribution < 1.29 is 9.90 Å². The number of amides is 1. The Bertz CT molecular complexity index is 490. The van der Waals surface area contributed by atoms with Crippen molar-refractivity contribution in [3.63, 3.8) is 0 Å². The SMILES string of the molecule is CC(C)C(O)CCNC(=O)c1cnn(C(C)C)c1C1CC1. The van der Waals surface area contributed by atoms with Crippen LogP contribution >= 0.6 is 0 Å². The first-order valence-electron chi connectivity index (χ1n) is 7.95. The van der Waals surface area contributed by atoms with Crippen molar-refractivity contribution in [2.75, 3.05) is 6.54 Å². The van der Waals surface area contributed by atoms with E-state index in [2.05, 4.69) is 24.3 Å². The molecule has 1 fully saturated rings. The molecule has 1 aliphatic rings. The highest BCUT2D eigenvalue weighted by molar-refractivity contribution is 5.95. The van der Waals surface area contributed by atoms with Gasteiger partial charge in [0.15, 0.2) is 0 Å². The highest BCUT2D eigenvalue weighted by Gasteiger charge is 2.32. The topological polar surface area (TPSA) is 67.2 Å². The fourth-order valence-corrected chi connectivity index (χ4v) is 2.48. The molecule has 1 aromatic heterocycles. The molecule has 0 radical (unpaired) electrons. The largest absolute Gasteiger partial charge is 0.393 e. The van der Waals surface area contributed by atoms with E-state index in [1.165, 1.54) is 0 Å². The smallest absolute Gasteiger partial charge is 0.254 e. The number of nitrogens with one attached hydrogen (secondary N) is 1.